The van der Waals surface area contributed by atoms with Crippen molar-refractivity contribution in [3.8, 4) is 11.8 Å². The molecule has 1 aromatic carbocycles. The lowest BCUT2D eigenvalue weighted by Gasteiger charge is -2.04. The topological polar surface area (TPSA) is 106 Å². The van der Waals surface area contributed by atoms with Crippen LogP contribution in [0.3, 0.4) is 0 Å². The minimum absolute atomic E-state index is 0. The van der Waals surface area contributed by atoms with E-state index < -0.39 is 5.63 Å². The highest BCUT2D eigenvalue weighted by molar-refractivity contribution is 5.86. The Labute approximate surface area is 96.8 Å². The molecule has 0 fully saturated rings. The van der Waals surface area contributed by atoms with Gasteiger partial charge in [0.25, 0.3) is 0 Å². The standard InChI is InChI=1S/C12H9NO3.H2O/c1-6-3-8-10(4-7(6)2)16-12(15)9(5-13)11(8)14;/h3-4,14H,1-2H3;1H2. The summed E-state index contributed by atoms with van der Waals surface area (Å²) in [6.45, 7) is 3.76. The van der Waals surface area contributed by atoms with Gasteiger partial charge in [0.2, 0.25) is 0 Å². The smallest absolute Gasteiger partial charge is 0.358 e. The summed E-state index contributed by atoms with van der Waals surface area (Å²) in [4.78, 5) is 11.3. The number of hydrogen-bond donors (Lipinski definition) is 1. The van der Waals surface area contributed by atoms with Gasteiger partial charge in [0.15, 0.2) is 11.3 Å². The Morgan fingerprint density at radius 2 is 1.88 bits per heavy atom. The van der Waals surface area contributed by atoms with Crippen LogP contribution in [0.1, 0.15) is 16.7 Å². The van der Waals surface area contributed by atoms with Gasteiger partial charge >= 0.3 is 5.63 Å². The van der Waals surface area contributed by atoms with Crippen molar-refractivity contribution in [2.45, 2.75) is 13.8 Å². The molecule has 1 aromatic heterocycles. The normalized spacial score (nSPS) is 9.71. The molecule has 0 aliphatic carbocycles. The van der Waals surface area contributed by atoms with Crippen molar-refractivity contribution < 1.29 is 15.0 Å². The van der Waals surface area contributed by atoms with Crippen LogP contribution < -0.4 is 5.63 Å². The van der Waals surface area contributed by atoms with E-state index in [4.69, 9.17) is 9.68 Å². The first kappa shape index (κ1) is 12.7. The van der Waals surface area contributed by atoms with E-state index in [1.165, 1.54) is 0 Å². The highest BCUT2D eigenvalue weighted by Crippen LogP contribution is 2.28. The highest BCUT2D eigenvalue weighted by atomic mass is 16.4. The van der Waals surface area contributed by atoms with Crippen molar-refractivity contribution in [3.05, 3.63) is 39.2 Å². The minimum Gasteiger partial charge on any atom is -0.506 e. The van der Waals surface area contributed by atoms with E-state index in [0.29, 0.717) is 11.0 Å². The number of rotatable bonds is 0. The molecule has 1 heterocycles. The molecular formula is C12H11NO4. The van der Waals surface area contributed by atoms with Crippen LogP contribution in [-0.2, 0) is 0 Å². The lowest BCUT2D eigenvalue weighted by Crippen LogP contribution is -2.04. The number of aryl methyl sites for hydroxylation is 2. The molecule has 2 rings (SSSR count). The third kappa shape index (κ3) is 1.86. The Morgan fingerprint density at radius 1 is 1.29 bits per heavy atom. The van der Waals surface area contributed by atoms with E-state index in [9.17, 15) is 9.90 Å². The van der Waals surface area contributed by atoms with Crippen LogP contribution >= 0.6 is 0 Å². The molecule has 3 N–H and O–H groups in total. The van der Waals surface area contributed by atoms with Gasteiger partial charge in [0, 0.05) is 0 Å². The maximum absolute atomic E-state index is 11.3. The zero-order chi connectivity index (χ0) is 11.9. The van der Waals surface area contributed by atoms with Crippen molar-refractivity contribution in [1.82, 2.24) is 0 Å². The van der Waals surface area contributed by atoms with E-state index in [1.54, 1.807) is 18.2 Å². The minimum atomic E-state index is -0.809. The van der Waals surface area contributed by atoms with E-state index in [2.05, 4.69) is 0 Å². The van der Waals surface area contributed by atoms with Gasteiger partial charge < -0.3 is 15.0 Å². The van der Waals surface area contributed by atoms with Gasteiger partial charge in [0.05, 0.1) is 5.39 Å². The molecule has 88 valence electrons. The molecule has 0 spiro atoms. The van der Waals surface area contributed by atoms with Crippen molar-refractivity contribution in [2.75, 3.05) is 0 Å². The summed E-state index contributed by atoms with van der Waals surface area (Å²) >= 11 is 0. The molecule has 5 heteroatoms. The molecule has 0 aliphatic rings. The van der Waals surface area contributed by atoms with Crippen LogP contribution in [0.5, 0.6) is 5.75 Å². The molecule has 0 aliphatic heterocycles. The second-order valence-electron chi connectivity index (χ2n) is 3.66. The average Bonchev–Trinajstić information content (AvgIpc) is 2.22. The second-order valence-corrected chi connectivity index (χ2v) is 3.66. The molecule has 0 bridgehead atoms. The molecule has 0 unspecified atom stereocenters. The molecule has 17 heavy (non-hydrogen) atoms. The summed E-state index contributed by atoms with van der Waals surface area (Å²) in [6, 6.07) is 5.01. The van der Waals surface area contributed by atoms with Crippen LogP contribution in [0.4, 0.5) is 0 Å². The summed E-state index contributed by atoms with van der Waals surface area (Å²) < 4.78 is 4.96. The molecule has 5 nitrogen and oxygen atoms in total. The lowest BCUT2D eigenvalue weighted by atomic mass is 10.1. The fraction of sp³-hybridized carbons (Fsp3) is 0.167. The van der Waals surface area contributed by atoms with Gasteiger partial charge in [-0.3, -0.25) is 0 Å². The summed E-state index contributed by atoms with van der Waals surface area (Å²) in [6.07, 6.45) is 0. The molecule has 0 saturated carbocycles. The van der Waals surface area contributed by atoms with Gasteiger partial charge in [-0.2, -0.15) is 5.26 Å². The Balaban J connectivity index is 0.00000144. The van der Waals surface area contributed by atoms with Gasteiger partial charge in [-0.05, 0) is 37.1 Å². The predicted octanol–water partition coefficient (Wildman–Crippen LogP) is 1.16. The van der Waals surface area contributed by atoms with Gasteiger partial charge in [-0.25, -0.2) is 4.79 Å². The Hall–Kier alpha value is -2.32. The molecule has 0 amide bonds. The van der Waals surface area contributed by atoms with E-state index in [0.717, 1.165) is 11.1 Å². The third-order valence-electron chi connectivity index (χ3n) is 2.61. The fourth-order valence-electron chi connectivity index (χ4n) is 1.54. The van der Waals surface area contributed by atoms with Crippen LogP contribution in [0, 0.1) is 25.2 Å². The first-order valence-electron chi connectivity index (χ1n) is 4.71. The Kier molecular flexibility index (Phi) is 3.21. The summed E-state index contributed by atoms with van der Waals surface area (Å²) in [5, 5.41) is 18.9. The summed E-state index contributed by atoms with van der Waals surface area (Å²) in [7, 11) is 0. The van der Waals surface area contributed by atoms with E-state index in [-0.39, 0.29) is 16.8 Å². The molecule has 0 radical (unpaired) electrons. The van der Waals surface area contributed by atoms with Crippen molar-refractivity contribution in [2.24, 2.45) is 0 Å². The highest BCUT2D eigenvalue weighted by Gasteiger charge is 2.13. The zero-order valence-corrected chi connectivity index (χ0v) is 9.37. The quantitative estimate of drug-likeness (QED) is 0.689. The monoisotopic (exact) mass is 233 g/mol. The Bertz CT molecular complexity index is 679. The maximum atomic E-state index is 11.3. The van der Waals surface area contributed by atoms with Crippen LogP contribution in [0.25, 0.3) is 11.0 Å². The second kappa shape index (κ2) is 4.28. The maximum Gasteiger partial charge on any atom is 0.358 e. The van der Waals surface area contributed by atoms with Gasteiger partial charge in [-0.15, -0.1) is 0 Å². The molecular weight excluding hydrogens is 222 g/mol. The zero-order valence-electron chi connectivity index (χ0n) is 9.37. The van der Waals surface area contributed by atoms with Gasteiger partial charge in [-0.1, -0.05) is 0 Å². The SMILES string of the molecule is Cc1cc2oc(=O)c(C#N)c(O)c2cc1C.O. The number of fused-ring (bicyclic) bond motifs is 1. The van der Waals surface area contributed by atoms with Crippen LogP contribution in [0.2, 0.25) is 0 Å². The van der Waals surface area contributed by atoms with Crippen LogP contribution in [0.15, 0.2) is 21.3 Å². The fourth-order valence-corrected chi connectivity index (χ4v) is 1.54. The molecule has 0 saturated heterocycles. The van der Waals surface area contributed by atoms with Crippen molar-refractivity contribution in [3.63, 3.8) is 0 Å². The summed E-state index contributed by atoms with van der Waals surface area (Å²) in [5.74, 6) is -0.308. The number of benzene rings is 1. The third-order valence-corrected chi connectivity index (χ3v) is 2.61. The predicted molar refractivity (Wildman–Crippen MR) is 62.0 cm³/mol. The van der Waals surface area contributed by atoms with Gasteiger partial charge in [0.1, 0.15) is 11.7 Å². The number of nitriles is 1. The number of aromatic hydroxyl groups is 1. The van der Waals surface area contributed by atoms with Crippen molar-refractivity contribution in [1.29, 1.82) is 5.26 Å². The number of nitrogens with zero attached hydrogens (tertiary/aromatic N) is 1. The summed E-state index contributed by atoms with van der Waals surface area (Å²) in [5.41, 5.74) is 1.05. The lowest BCUT2D eigenvalue weighted by molar-refractivity contribution is 0.465. The molecule has 0 atom stereocenters. The van der Waals surface area contributed by atoms with Crippen LogP contribution in [-0.4, -0.2) is 10.6 Å². The van der Waals surface area contributed by atoms with Crippen molar-refractivity contribution >= 4 is 11.0 Å². The average molecular weight is 233 g/mol. The Morgan fingerprint density at radius 3 is 2.47 bits per heavy atom. The first-order valence-corrected chi connectivity index (χ1v) is 4.71. The first-order chi connectivity index (χ1) is 7.54. The molecule has 2 aromatic rings. The number of hydrogen-bond acceptors (Lipinski definition) is 4. The van der Waals surface area contributed by atoms with E-state index >= 15 is 0 Å². The van der Waals surface area contributed by atoms with E-state index in [1.807, 2.05) is 13.8 Å². The largest absolute Gasteiger partial charge is 0.506 e.